The van der Waals surface area contributed by atoms with E-state index in [1.54, 1.807) is 6.07 Å². The third-order valence-electron chi connectivity index (χ3n) is 5.08. The smallest absolute Gasteiger partial charge is 0.336 e. The van der Waals surface area contributed by atoms with Crippen molar-refractivity contribution >= 4 is 27.7 Å². The Balaban J connectivity index is 1.71. The second-order valence-corrected chi connectivity index (χ2v) is 7.32. The van der Waals surface area contributed by atoms with E-state index in [0.717, 1.165) is 21.7 Å². The van der Waals surface area contributed by atoms with Gasteiger partial charge in [0.2, 0.25) is 0 Å². The highest BCUT2D eigenvalue weighted by Crippen LogP contribution is 2.29. The van der Waals surface area contributed by atoms with E-state index in [0.29, 0.717) is 11.1 Å². The van der Waals surface area contributed by atoms with Crippen molar-refractivity contribution in [2.24, 2.45) is 0 Å². The van der Waals surface area contributed by atoms with Crippen LogP contribution in [0.25, 0.3) is 21.7 Å². The molecule has 0 fully saturated rings. The molecule has 0 bridgehead atoms. The van der Waals surface area contributed by atoms with Gasteiger partial charge < -0.3 is 9.15 Å². The fraction of sp³-hybridized carbons (Fsp3) is 0.167. The summed E-state index contributed by atoms with van der Waals surface area (Å²) >= 11 is 0. The molecule has 140 valence electrons. The first-order valence-electron chi connectivity index (χ1n) is 9.14. The minimum Gasteiger partial charge on any atom is -0.460 e. The molecule has 1 aromatic heterocycles. The van der Waals surface area contributed by atoms with Gasteiger partial charge in [-0.1, -0.05) is 60.7 Å². The average molecular weight is 372 g/mol. The topological polar surface area (TPSA) is 56.5 Å². The number of hydrogen-bond donors (Lipinski definition) is 0. The van der Waals surface area contributed by atoms with Crippen LogP contribution in [0.2, 0.25) is 0 Å². The van der Waals surface area contributed by atoms with Gasteiger partial charge in [0.25, 0.3) is 0 Å². The van der Waals surface area contributed by atoms with E-state index in [2.05, 4.69) is 0 Å². The summed E-state index contributed by atoms with van der Waals surface area (Å²) in [5.41, 5.74) is 0.748. The van der Waals surface area contributed by atoms with Crippen molar-refractivity contribution in [2.45, 2.75) is 25.9 Å². The second kappa shape index (κ2) is 6.97. The van der Waals surface area contributed by atoms with Crippen molar-refractivity contribution in [3.05, 3.63) is 94.3 Å². The number of esters is 1. The van der Waals surface area contributed by atoms with Crippen molar-refractivity contribution in [1.82, 2.24) is 0 Å². The van der Waals surface area contributed by atoms with Crippen LogP contribution in [0.4, 0.5) is 0 Å². The molecule has 0 amide bonds. The van der Waals surface area contributed by atoms with E-state index in [1.165, 1.54) is 6.07 Å². The first-order valence-corrected chi connectivity index (χ1v) is 9.14. The molecule has 0 saturated heterocycles. The average Bonchev–Trinajstić information content (AvgIpc) is 2.71. The molecule has 4 nitrogen and oxygen atoms in total. The van der Waals surface area contributed by atoms with E-state index >= 15 is 0 Å². The summed E-state index contributed by atoms with van der Waals surface area (Å²) < 4.78 is 11.0. The maximum Gasteiger partial charge on any atom is 0.336 e. The molecule has 1 heterocycles. The Kier molecular flexibility index (Phi) is 4.47. The zero-order chi connectivity index (χ0) is 19.7. The summed E-state index contributed by atoms with van der Waals surface area (Å²) in [5, 5.41) is 2.78. The SMILES string of the molecule is CC(C)(C(=O)OCc1cc(=O)oc2ccc3ccccc3c12)c1ccccc1. The standard InChI is InChI=1S/C24H20O4/c1-24(2,18-9-4-3-5-10-18)23(26)27-15-17-14-21(25)28-20-13-12-16-8-6-7-11-19(16)22(17)20/h3-14H,15H2,1-2H3. The summed E-state index contributed by atoms with van der Waals surface area (Å²) in [7, 11) is 0. The Morgan fingerprint density at radius 2 is 1.68 bits per heavy atom. The molecule has 0 saturated carbocycles. The third-order valence-corrected chi connectivity index (χ3v) is 5.08. The van der Waals surface area contributed by atoms with Crippen molar-refractivity contribution in [1.29, 1.82) is 0 Å². The third kappa shape index (κ3) is 3.18. The lowest BCUT2D eigenvalue weighted by Crippen LogP contribution is -2.31. The summed E-state index contributed by atoms with van der Waals surface area (Å²) in [4.78, 5) is 24.8. The van der Waals surface area contributed by atoms with Gasteiger partial charge in [-0.2, -0.15) is 0 Å². The Morgan fingerprint density at radius 1 is 0.964 bits per heavy atom. The van der Waals surface area contributed by atoms with Gasteiger partial charge >= 0.3 is 11.6 Å². The highest BCUT2D eigenvalue weighted by molar-refractivity contribution is 6.07. The lowest BCUT2D eigenvalue weighted by Gasteiger charge is -2.23. The Hall–Kier alpha value is -3.40. The molecule has 0 radical (unpaired) electrons. The molecule has 0 unspecified atom stereocenters. The molecule has 4 aromatic rings. The zero-order valence-electron chi connectivity index (χ0n) is 15.8. The second-order valence-electron chi connectivity index (χ2n) is 7.32. The van der Waals surface area contributed by atoms with E-state index < -0.39 is 11.0 Å². The van der Waals surface area contributed by atoms with Gasteiger partial charge in [0, 0.05) is 17.0 Å². The number of fused-ring (bicyclic) bond motifs is 3. The van der Waals surface area contributed by atoms with E-state index in [1.807, 2.05) is 74.5 Å². The largest absolute Gasteiger partial charge is 0.460 e. The number of carbonyl (C=O) groups is 1. The lowest BCUT2D eigenvalue weighted by molar-refractivity contribution is -0.150. The summed E-state index contributed by atoms with van der Waals surface area (Å²) in [6.07, 6.45) is 0. The minimum atomic E-state index is -0.793. The molecule has 28 heavy (non-hydrogen) atoms. The first-order chi connectivity index (χ1) is 13.5. The Morgan fingerprint density at radius 3 is 2.46 bits per heavy atom. The first kappa shape index (κ1) is 18.0. The molecule has 0 aliphatic rings. The quantitative estimate of drug-likeness (QED) is 0.288. The fourth-order valence-corrected chi connectivity index (χ4v) is 3.43. The summed E-state index contributed by atoms with van der Waals surface area (Å²) in [5.74, 6) is -0.347. The van der Waals surface area contributed by atoms with Crippen molar-refractivity contribution < 1.29 is 13.9 Å². The molecule has 3 aromatic carbocycles. The van der Waals surface area contributed by atoms with Gasteiger partial charge in [0.1, 0.15) is 12.2 Å². The number of hydrogen-bond acceptors (Lipinski definition) is 4. The van der Waals surface area contributed by atoms with Crippen LogP contribution in [0.3, 0.4) is 0 Å². The number of carbonyl (C=O) groups excluding carboxylic acids is 1. The van der Waals surface area contributed by atoms with Crippen LogP contribution in [0.15, 0.2) is 82.0 Å². The zero-order valence-corrected chi connectivity index (χ0v) is 15.8. The minimum absolute atomic E-state index is 0.00516. The van der Waals surface area contributed by atoms with Gasteiger partial charge in [0.15, 0.2) is 0 Å². The van der Waals surface area contributed by atoms with Gasteiger partial charge in [-0.05, 0) is 36.2 Å². The molecule has 0 N–H and O–H groups in total. The molecule has 4 rings (SSSR count). The van der Waals surface area contributed by atoms with Crippen LogP contribution in [0.5, 0.6) is 0 Å². The predicted octanol–water partition coefficient (Wildman–Crippen LogP) is 4.97. The highest BCUT2D eigenvalue weighted by atomic mass is 16.5. The molecule has 0 aliphatic carbocycles. The number of benzene rings is 3. The fourth-order valence-electron chi connectivity index (χ4n) is 3.43. The highest BCUT2D eigenvalue weighted by Gasteiger charge is 2.31. The van der Waals surface area contributed by atoms with E-state index in [4.69, 9.17) is 9.15 Å². The molecule has 0 atom stereocenters. The van der Waals surface area contributed by atoms with Crippen LogP contribution < -0.4 is 5.63 Å². The predicted molar refractivity (Wildman–Crippen MR) is 109 cm³/mol. The van der Waals surface area contributed by atoms with Crippen LogP contribution in [0, 0.1) is 0 Å². The monoisotopic (exact) mass is 372 g/mol. The van der Waals surface area contributed by atoms with E-state index in [9.17, 15) is 9.59 Å². The van der Waals surface area contributed by atoms with Crippen molar-refractivity contribution in [3.63, 3.8) is 0 Å². The summed E-state index contributed by atoms with van der Waals surface area (Å²) in [6.45, 7) is 3.67. The van der Waals surface area contributed by atoms with Crippen LogP contribution in [0.1, 0.15) is 25.0 Å². The molecule has 4 heteroatoms. The van der Waals surface area contributed by atoms with Crippen LogP contribution in [-0.2, 0) is 21.6 Å². The molecule has 0 spiro atoms. The van der Waals surface area contributed by atoms with Gasteiger partial charge in [0.05, 0.1) is 5.41 Å². The normalized spacial score (nSPS) is 11.6. The van der Waals surface area contributed by atoms with Crippen molar-refractivity contribution in [3.8, 4) is 0 Å². The lowest BCUT2D eigenvalue weighted by atomic mass is 9.85. The van der Waals surface area contributed by atoms with Crippen LogP contribution >= 0.6 is 0 Å². The summed E-state index contributed by atoms with van der Waals surface area (Å²) in [6, 6.07) is 22.4. The Bertz CT molecular complexity index is 1220. The number of rotatable bonds is 4. The van der Waals surface area contributed by atoms with Crippen LogP contribution in [-0.4, -0.2) is 5.97 Å². The Labute approximate surface area is 162 Å². The van der Waals surface area contributed by atoms with Gasteiger partial charge in [-0.15, -0.1) is 0 Å². The van der Waals surface area contributed by atoms with Gasteiger partial charge in [-0.25, -0.2) is 4.79 Å². The molecular weight excluding hydrogens is 352 g/mol. The van der Waals surface area contributed by atoms with E-state index in [-0.39, 0.29) is 12.6 Å². The van der Waals surface area contributed by atoms with Gasteiger partial charge in [-0.3, -0.25) is 4.79 Å². The maximum absolute atomic E-state index is 12.8. The van der Waals surface area contributed by atoms with Crippen molar-refractivity contribution in [2.75, 3.05) is 0 Å². The maximum atomic E-state index is 12.8. The molecular formula is C24H20O4. The molecule has 0 aliphatic heterocycles. The number of ether oxygens (including phenoxy) is 1.